The van der Waals surface area contributed by atoms with Crippen molar-refractivity contribution >= 4 is 23.2 Å². The minimum atomic E-state index is 0.0517. The molecule has 2 N–H and O–H groups in total. The maximum atomic E-state index is 6.30. The molecule has 0 saturated carbocycles. The second-order valence-electron chi connectivity index (χ2n) is 4.81. The molecule has 5 heteroatoms. The van der Waals surface area contributed by atoms with Gasteiger partial charge in [-0.2, -0.15) is 0 Å². The van der Waals surface area contributed by atoms with Gasteiger partial charge in [-0.3, -0.25) is 4.99 Å². The van der Waals surface area contributed by atoms with Gasteiger partial charge in [0.05, 0.1) is 30.4 Å². The van der Waals surface area contributed by atoms with Crippen LogP contribution in [0.3, 0.4) is 0 Å². The monoisotopic (exact) mass is 301 g/mol. The van der Waals surface area contributed by atoms with E-state index in [1.165, 1.54) is 0 Å². The third kappa shape index (κ3) is 2.54. The minimum absolute atomic E-state index is 0.0517. The number of anilines is 1. The topological polar surface area (TPSA) is 50.9 Å². The molecule has 0 amide bonds. The molecular formula is C16H16ClN3O. The van der Waals surface area contributed by atoms with Crippen LogP contribution in [0.15, 0.2) is 53.5 Å². The van der Waals surface area contributed by atoms with E-state index in [0.717, 1.165) is 17.0 Å². The first kappa shape index (κ1) is 13.8. The Morgan fingerprint density at radius 1 is 1.19 bits per heavy atom. The Kier molecular flexibility index (Phi) is 3.71. The molecule has 1 unspecified atom stereocenters. The van der Waals surface area contributed by atoms with Crippen molar-refractivity contribution in [3.63, 3.8) is 0 Å². The van der Waals surface area contributed by atoms with Gasteiger partial charge in [-0.15, -0.1) is 0 Å². The molecule has 1 atom stereocenters. The Labute approximate surface area is 128 Å². The number of benzene rings is 2. The van der Waals surface area contributed by atoms with Crippen molar-refractivity contribution in [2.45, 2.75) is 6.04 Å². The highest BCUT2D eigenvalue weighted by Crippen LogP contribution is 2.35. The van der Waals surface area contributed by atoms with Crippen molar-refractivity contribution in [2.24, 2.45) is 10.7 Å². The summed E-state index contributed by atoms with van der Waals surface area (Å²) in [6.45, 7) is 0.614. The number of hydrogen-bond donors (Lipinski definition) is 1. The van der Waals surface area contributed by atoms with E-state index in [-0.39, 0.29) is 6.04 Å². The number of aliphatic imine (C=N–C) groups is 1. The number of nitrogens with zero attached hydrogens (tertiary/aromatic N) is 2. The highest BCUT2D eigenvalue weighted by molar-refractivity contribution is 6.33. The van der Waals surface area contributed by atoms with Gasteiger partial charge in [0.15, 0.2) is 5.96 Å². The zero-order chi connectivity index (χ0) is 14.8. The fraction of sp³-hybridized carbons (Fsp3) is 0.188. The summed E-state index contributed by atoms with van der Waals surface area (Å²) >= 11 is 6.30. The molecule has 0 radical (unpaired) electrons. The van der Waals surface area contributed by atoms with E-state index in [2.05, 4.69) is 4.99 Å². The highest BCUT2D eigenvalue weighted by atomic mass is 35.5. The molecule has 0 aromatic heterocycles. The minimum Gasteiger partial charge on any atom is -0.497 e. The van der Waals surface area contributed by atoms with Gasteiger partial charge in [0.25, 0.3) is 0 Å². The molecule has 1 aliphatic rings. The number of hydrogen-bond acceptors (Lipinski definition) is 4. The third-order valence-electron chi connectivity index (χ3n) is 3.60. The van der Waals surface area contributed by atoms with Crippen molar-refractivity contribution in [3.05, 3.63) is 59.1 Å². The van der Waals surface area contributed by atoms with Gasteiger partial charge in [0.1, 0.15) is 5.75 Å². The Morgan fingerprint density at radius 3 is 2.57 bits per heavy atom. The maximum Gasteiger partial charge on any atom is 0.196 e. The molecule has 0 aliphatic carbocycles. The van der Waals surface area contributed by atoms with Crippen molar-refractivity contribution in [2.75, 3.05) is 18.6 Å². The zero-order valence-electron chi connectivity index (χ0n) is 11.7. The maximum absolute atomic E-state index is 6.30. The molecule has 0 spiro atoms. The van der Waals surface area contributed by atoms with E-state index in [4.69, 9.17) is 22.1 Å². The smallest absolute Gasteiger partial charge is 0.196 e. The first-order valence-corrected chi connectivity index (χ1v) is 7.06. The molecule has 0 saturated heterocycles. The summed E-state index contributed by atoms with van der Waals surface area (Å²) in [4.78, 5) is 6.34. The lowest BCUT2D eigenvalue weighted by Crippen LogP contribution is -2.36. The van der Waals surface area contributed by atoms with E-state index in [1.807, 2.05) is 53.4 Å². The molecule has 0 bridgehead atoms. The van der Waals surface area contributed by atoms with Gasteiger partial charge in [0.2, 0.25) is 0 Å². The number of para-hydroxylation sites is 1. The summed E-state index contributed by atoms with van der Waals surface area (Å²) in [6, 6.07) is 15.6. The largest absolute Gasteiger partial charge is 0.497 e. The SMILES string of the molecule is COc1ccc(C2CN=C(N)N2c2ccccc2Cl)cc1. The van der Waals surface area contributed by atoms with Gasteiger partial charge < -0.3 is 15.4 Å². The number of ether oxygens (including phenoxy) is 1. The van der Waals surface area contributed by atoms with Gasteiger partial charge in [0, 0.05) is 0 Å². The van der Waals surface area contributed by atoms with E-state index in [9.17, 15) is 0 Å². The number of nitrogens with two attached hydrogens (primary N) is 1. The summed E-state index contributed by atoms with van der Waals surface area (Å²) in [5.74, 6) is 1.32. The van der Waals surface area contributed by atoms with E-state index >= 15 is 0 Å². The van der Waals surface area contributed by atoms with Crippen LogP contribution in [0.2, 0.25) is 5.02 Å². The molecule has 2 aromatic rings. The first-order valence-electron chi connectivity index (χ1n) is 6.68. The number of halogens is 1. The van der Waals surface area contributed by atoms with Crippen LogP contribution < -0.4 is 15.4 Å². The van der Waals surface area contributed by atoms with E-state index in [0.29, 0.717) is 17.5 Å². The molecule has 21 heavy (non-hydrogen) atoms. The molecule has 2 aromatic carbocycles. The molecule has 1 aliphatic heterocycles. The number of rotatable bonds is 3. The summed E-state index contributed by atoms with van der Waals surface area (Å²) < 4.78 is 5.20. The standard InChI is InChI=1S/C16H16ClN3O/c1-21-12-8-6-11(7-9-12)15-10-19-16(18)20(15)14-5-3-2-4-13(14)17/h2-9,15H,10H2,1H3,(H2,18,19). The molecular weight excluding hydrogens is 286 g/mol. The van der Waals surface area contributed by atoms with Crippen molar-refractivity contribution in [3.8, 4) is 5.75 Å². The van der Waals surface area contributed by atoms with Gasteiger partial charge in [-0.25, -0.2) is 0 Å². The zero-order valence-corrected chi connectivity index (χ0v) is 12.4. The van der Waals surface area contributed by atoms with Crippen molar-refractivity contribution in [1.29, 1.82) is 0 Å². The predicted molar refractivity (Wildman–Crippen MR) is 86.2 cm³/mol. The van der Waals surface area contributed by atoms with Crippen molar-refractivity contribution < 1.29 is 4.74 Å². The van der Waals surface area contributed by atoms with Crippen LogP contribution >= 0.6 is 11.6 Å². The summed E-state index contributed by atoms with van der Waals surface area (Å²) in [5, 5.41) is 0.663. The van der Waals surface area contributed by atoms with Crippen LogP contribution in [0, 0.1) is 0 Å². The summed E-state index contributed by atoms with van der Waals surface area (Å²) in [5.41, 5.74) is 8.06. The average Bonchev–Trinajstić information content (AvgIpc) is 2.89. The third-order valence-corrected chi connectivity index (χ3v) is 3.92. The van der Waals surface area contributed by atoms with Gasteiger partial charge >= 0.3 is 0 Å². The Balaban J connectivity index is 1.97. The first-order chi connectivity index (χ1) is 10.2. The second-order valence-corrected chi connectivity index (χ2v) is 5.22. The molecule has 0 fully saturated rings. The number of guanidine groups is 1. The highest BCUT2D eigenvalue weighted by Gasteiger charge is 2.29. The average molecular weight is 302 g/mol. The van der Waals surface area contributed by atoms with Crippen LogP contribution in [-0.2, 0) is 0 Å². The molecule has 4 nitrogen and oxygen atoms in total. The quantitative estimate of drug-likeness (QED) is 0.947. The lowest BCUT2D eigenvalue weighted by molar-refractivity contribution is 0.414. The van der Waals surface area contributed by atoms with Crippen LogP contribution in [0.4, 0.5) is 5.69 Å². The van der Waals surface area contributed by atoms with Crippen LogP contribution in [0.25, 0.3) is 0 Å². The molecule has 1 heterocycles. The summed E-state index contributed by atoms with van der Waals surface area (Å²) in [7, 11) is 1.65. The second kappa shape index (κ2) is 5.66. The molecule has 3 rings (SSSR count). The predicted octanol–water partition coefficient (Wildman–Crippen LogP) is 3.22. The Bertz CT molecular complexity index is 669. The molecule has 108 valence electrons. The Morgan fingerprint density at radius 2 is 1.90 bits per heavy atom. The van der Waals surface area contributed by atoms with Gasteiger partial charge in [-0.1, -0.05) is 35.9 Å². The van der Waals surface area contributed by atoms with Crippen LogP contribution in [-0.4, -0.2) is 19.6 Å². The van der Waals surface area contributed by atoms with E-state index in [1.54, 1.807) is 7.11 Å². The summed E-state index contributed by atoms with van der Waals surface area (Å²) in [6.07, 6.45) is 0. The lowest BCUT2D eigenvalue weighted by atomic mass is 10.1. The fourth-order valence-corrected chi connectivity index (χ4v) is 2.74. The normalized spacial score (nSPS) is 17.7. The van der Waals surface area contributed by atoms with Crippen LogP contribution in [0.1, 0.15) is 11.6 Å². The number of methoxy groups -OCH3 is 1. The van der Waals surface area contributed by atoms with Crippen molar-refractivity contribution in [1.82, 2.24) is 0 Å². The van der Waals surface area contributed by atoms with Gasteiger partial charge in [-0.05, 0) is 29.8 Å². The van der Waals surface area contributed by atoms with Crippen LogP contribution in [0.5, 0.6) is 5.75 Å². The van der Waals surface area contributed by atoms with E-state index < -0.39 is 0 Å². The Hall–Kier alpha value is -2.20. The lowest BCUT2D eigenvalue weighted by Gasteiger charge is -2.27. The fourth-order valence-electron chi connectivity index (χ4n) is 2.52.